The van der Waals surface area contributed by atoms with E-state index in [4.69, 9.17) is 5.11 Å². The summed E-state index contributed by atoms with van der Waals surface area (Å²) in [5.74, 6) is 0.406. The highest BCUT2D eigenvalue weighted by Crippen LogP contribution is 2.19. The van der Waals surface area contributed by atoms with E-state index in [1.54, 1.807) is 24.3 Å². The molecule has 2 aromatic rings. The van der Waals surface area contributed by atoms with Crippen molar-refractivity contribution in [3.05, 3.63) is 53.7 Å². The largest absolute Gasteiger partial charge is 0.465 e. The average Bonchev–Trinajstić information content (AvgIpc) is 2.78. The molecule has 0 spiro atoms. The number of aryl methyl sites for hydroxylation is 1. The van der Waals surface area contributed by atoms with Crippen molar-refractivity contribution in [1.82, 2.24) is 14.6 Å². The summed E-state index contributed by atoms with van der Waals surface area (Å²) in [7, 11) is -3.86. The van der Waals surface area contributed by atoms with E-state index < -0.39 is 22.2 Å². The van der Waals surface area contributed by atoms with E-state index in [1.165, 1.54) is 23.2 Å². The number of piperazine rings is 1. The van der Waals surface area contributed by atoms with Gasteiger partial charge in [0.15, 0.2) is 5.78 Å². The van der Waals surface area contributed by atoms with Gasteiger partial charge in [0, 0.05) is 37.9 Å². The first-order chi connectivity index (χ1) is 15.6. The van der Waals surface area contributed by atoms with Crippen LogP contribution in [0.1, 0.15) is 36.2 Å². The van der Waals surface area contributed by atoms with Gasteiger partial charge < -0.3 is 14.9 Å². The van der Waals surface area contributed by atoms with E-state index in [9.17, 15) is 18.0 Å². The number of hydrogen-bond donors (Lipinski definition) is 2. The van der Waals surface area contributed by atoms with Crippen LogP contribution in [0.25, 0.3) is 0 Å². The zero-order chi connectivity index (χ0) is 24.2. The number of nitrogens with one attached hydrogen (secondary N) is 1. The van der Waals surface area contributed by atoms with Crippen molar-refractivity contribution < 1.29 is 23.1 Å². The van der Waals surface area contributed by atoms with Crippen LogP contribution in [0.3, 0.4) is 0 Å². The van der Waals surface area contributed by atoms with Gasteiger partial charge in [0.1, 0.15) is 5.82 Å². The molecular formula is C23H30N4O5S. The summed E-state index contributed by atoms with van der Waals surface area (Å²) < 4.78 is 28.3. The van der Waals surface area contributed by atoms with Gasteiger partial charge in [0.25, 0.3) is 0 Å². The molecule has 1 aromatic heterocycles. The summed E-state index contributed by atoms with van der Waals surface area (Å²) in [6.07, 6.45) is 0.866. The number of carbonyl (C=O) groups is 2. The molecule has 10 heteroatoms. The Hall–Kier alpha value is -2.98. The number of anilines is 1. The van der Waals surface area contributed by atoms with Crippen molar-refractivity contribution >= 4 is 27.7 Å². The number of amides is 1. The summed E-state index contributed by atoms with van der Waals surface area (Å²) in [6.45, 7) is 7.52. The van der Waals surface area contributed by atoms with Gasteiger partial charge in [-0.25, -0.2) is 22.9 Å². The maximum absolute atomic E-state index is 13.2. The molecule has 9 nitrogen and oxygen atoms in total. The number of Topliss-reactive ketones (excluding diaryl/α,β-unsaturated/α-hetero) is 1. The maximum Gasteiger partial charge on any atom is 0.407 e. The second-order valence-electron chi connectivity index (χ2n) is 8.64. The standard InChI is InChI=1S/C23H30N4O5S/c1-16(2)14-20(25-33(31,32)19-7-4-17(3)5-8-19)22(28)18-6-9-21(24-15-18)26-10-12-27(13-11-26)23(29)30/h4-9,15-16,20,25H,10-14H2,1-3H3,(H,29,30). The van der Waals surface area contributed by atoms with Crippen LogP contribution in [0.15, 0.2) is 47.5 Å². The van der Waals surface area contributed by atoms with Gasteiger partial charge in [-0.3, -0.25) is 4.79 Å². The van der Waals surface area contributed by atoms with Crippen molar-refractivity contribution in [2.24, 2.45) is 5.92 Å². The summed E-state index contributed by atoms with van der Waals surface area (Å²) in [6, 6.07) is 8.92. The second kappa shape index (κ2) is 10.3. The first-order valence-corrected chi connectivity index (χ1v) is 12.4. The molecule has 1 atom stereocenters. The predicted octanol–water partition coefficient (Wildman–Crippen LogP) is 2.77. The van der Waals surface area contributed by atoms with Crippen molar-refractivity contribution in [3.63, 3.8) is 0 Å². The summed E-state index contributed by atoms with van der Waals surface area (Å²) >= 11 is 0. The monoisotopic (exact) mass is 474 g/mol. The fourth-order valence-electron chi connectivity index (χ4n) is 3.70. The number of hydrogen-bond acceptors (Lipinski definition) is 6. The van der Waals surface area contributed by atoms with Crippen molar-refractivity contribution in [2.45, 2.75) is 38.1 Å². The molecule has 0 radical (unpaired) electrons. The van der Waals surface area contributed by atoms with Gasteiger partial charge in [-0.2, -0.15) is 0 Å². The number of pyridine rings is 1. The Labute approximate surface area is 194 Å². The average molecular weight is 475 g/mol. The Kier molecular flexibility index (Phi) is 7.70. The van der Waals surface area contributed by atoms with Crippen LogP contribution in [0.2, 0.25) is 0 Å². The minimum Gasteiger partial charge on any atom is -0.465 e. The minimum atomic E-state index is -3.86. The van der Waals surface area contributed by atoms with E-state index >= 15 is 0 Å². The number of nitrogens with zero attached hydrogens (tertiary/aromatic N) is 3. The molecule has 0 bridgehead atoms. The zero-order valence-corrected chi connectivity index (χ0v) is 19.9. The summed E-state index contributed by atoms with van der Waals surface area (Å²) in [5, 5.41) is 9.08. The lowest BCUT2D eigenvalue weighted by Gasteiger charge is -2.33. The third-order valence-corrected chi connectivity index (χ3v) is 7.05. The SMILES string of the molecule is Cc1ccc(S(=O)(=O)NC(CC(C)C)C(=O)c2ccc(N3CCN(C(=O)O)CC3)nc2)cc1. The molecule has 0 saturated carbocycles. The van der Waals surface area contributed by atoms with Gasteiger partial charge in [0.2, 0.25) is 10.0 Å². The van der Waals surface area contributed by atoms with Gasteiger partial charge in [-0.05, 0) is 43.5 Å². The van der Waals surface area contributed by atoms with Crippen LogP contribution in [0, 0.1) is 12.8 Å². The first kappa shape index (κ1) is 24.7. The third kappa shape index (κ3) is 6.29. The predicted molar refractivity (Wildman–Crippen MR) is 125 cm³/mol. The molecule has 1 fully saturated rings. The molecule has 1 amide bonds. The van der Waals surface area contributed by atoms with E-state index in [-0.39, 0.29) is 16.6 Å². The molecule has 1 saturated heterocycles. The van der Waals surface area contributed by atoms with E-state index in [0.717, 1.165) is 5.56 Å². The molecule has 2 heterocycles. The smallest absolute Gasteiger partial charge is 0.407 e. The molecule has 0 aliphatic carbocycles. The highest BCUT2D eigenvalue weighted by Gasteiger charge is 2.28. The molecule has 1 aliphatic heterocycles. The highest BCUT2D eigenvalue weighted by atomic mass is 32.2. The van der Waals surface area contributed by atoms with E-state index in [0.29, 0.717) is 44.0 Å². The molecule has 33 heavy (non-hydrogen) atoms. The summed E-state index contributed by atoms with van der Waals surface area (Å²) in [5.41, 5.74) is 1.26. The van der Waals surface area contributed by atoms with E-state index in [1.807, 2.05) is 25.7 Å². The van der Waals surface area contributed by atoms with Crippen LogP contribution in [-0.2, 0) is 10.0 Å². The molecule has 178 valence electrons. The Morgan fingerprint density at radius 1 is 1.06 bits per heavy atom. The fourth-order valence-corrected chi connectivity index (χ4v) is 4.91. The number of rotatable bonds is 8. The molecule has 1 aromatic carbocycles. The fraction of sp³-hybridized carbons (Fsp3) is 0.435. The van der Waals surface area contributed by atoms with Gasteiger partial charge >= 0.3 is 6.09 Å². The Balaban J connectivity index is 1.74. The number of ketones is 1. The van der Waals surface area contributed by atoms with Gasteiger partial charge in [-0.1, -0.05) is 31.5 Å². The lowest BCUT2D eigenvalue weighted by atomic mass is 9.97. The molecule has 3 rings (SSSR count). The Morgan fingerprint density at radius 2 is 1.70 bits per heavy atom. The van der Waals surface area contributed by atoms with Crippen LogP contribution in [-0.4, -0.2) is 67.5 Å². The quantitative estimate of drug-likeness (QED) is 0.565. The number of carboxylic acid groups (broad SMARTS) is 1. The van der Waals surface area contributed by atoms with E-state index in [2.05, 4.69) is 9.71 Å². The first-order valence-electron chi connectivity index (χ1n) is 10.9. The molecule has 1 unspecified atom stereocenters. The number of benzene rings is 1. The highest BCUT2D eigenvalue weighted by molar-refractivity contribution is 7.89. The van der Waals surface area contributed by atoms with Gasteiger partial charge in [0.05, 0.1) is 10.9 Å². The lowest BCUT2D eigenvalue weighted by molar-refractivity contribution is 0.0942. The number of aromatic nitrogens is 1. The molecule has 2 N–H and O–H groups in total. The molecular weight excluding hydrogens is 444 g/mol. The van der Waals surface area contributed by atoms with Crippen LogP contribution in [0.4, 0.5) is 10.6 Å². The second-order valence-corrected chi connectivity index (χ2v) is 10.4. The zero-order valence-electron chi connectivity index (χ0n) is 19.1. The van der Waals surface area contributed by atoms with Crippen LogP contribution >= 0.6 is 0 Å². The van der Waals surface area contributed by atoms with Crippen molar-refractivity contribution in [3.8, 4) is 0 Å². The third-order valence-electron chi connectivity index (χ3n) is 5.56. The van der Waals surface area contributed by atoms with Crippen LogP contribution < -0.4 is 9.62 Å². The minimum absolute atomic E-state index is 0.0948. The Bertz CT molecular complexity index is 1080. The van der Waals surface area contributed by atoms with Gasteiger partial charge in [-0.15, -0.1) is 0 Å². The number of sulfonamides is 1. The maximum atomic E-state index is 13.2. The summed E-state index contributed by atoms with van der Waals surface area (Å²) in [4.78, 5) is 32.1. The molecule has 1 aliphatic rings. The topological polar surface area (TPSA) is 120 Å². The van der Waals surface area contributed by atoms with Crippen molar-refractivity contribution in [2.75, 3.05) is 31.1 Å². The Morgan fingerprint density at radius 3 is 2.21 bits per heavy atom. The lowest BCUT2D eigenvalue weighted by Crippen LogP contribution is -2.48. The normalized spacial score (nSPS) is 15.5. The van der Waals surface area contributed by atoms with Crippen molar-refractivity contribution in [1.29, 1.82) is 0 Å². The van der Waals surface area contributed by atoms with Crippen LogP contribution in [0.5, 0.6) is 0 Å². The number of carbonyl (C=O) groups excluding carboxylic acids is 1.